The normalized spacial score (nSPS) is 25.7. The van der Waals surface area contributed by atoms with Gasteiger partial charge in [-0.15, -0.1) is 6.58 Å². The SMILES string of the molecule is C=CC[C@@]1(C)O[C@H](c2cccc(Cl)c2)[C@@H](c2ccc(Cl)cc2)N([C@H](CS(=O)(=O)C(C)(C)C)C2CC2)C1=O. The number of hydrogen-bond donors (Lipinski definition) is 0. The van der Waals surface area contributed by atoms with E-state index in [-0.39, 0.29) is 24.0 Å². The number of carbonyl (C=O) groups is 1. The van der Waals surface area contributed by atoms with Crippen LogP contribution in [0, 0.1) is 5.92 Å². The number of hydrogen-bond acceptors (Lipinski definition) is 4. The topological polar surface area (TPSA) is 63.7 Å². The second-order valence-electron chi connectivity index (χ2n) is 11.3. The predicted octanol–water partition coefficient (Wildman–Crippen LogP) is 6.96. The number of halogens is 2. The number of benzene rings is 2. The Morgan fingerprint density at radius 3 is 2.30 bits per heavy atom. The summed E-state index contributed by atoms with van der Waals surface area (Å²) in [4.78, 5) is 16.2. The molecule has 1 heterocycles. The van der Waals surface area contributed by atoms with E-state index in [4.69, 9.17) is 27.9 Å². The van der Waals surface area contributed by atoms with Crippen molar-refractivity contribution in [3.63, 3.8) is 0 Å². The molecule has 2 aliphatic rings. The quantitative estimate of drug-likeness (QED) is 0.325. The minimum absolute atomic E-state index is 0.0990. The molecule has 2 fully saturated rings. The summed E-state index contributed by atoms with van der Waals surface area (Å²) in [7, 11) is -3.52. The van der Waals surface area contributed by atoms with E-state index in [1.54, 1.807) is 52.0 Å². The van der Waals surface area contributed by atoms with E-state index in [0.29, 0.717) is 10.0 Å². The van der Waals surface area contributed by atoms with Crippen LogP contribution in [0.25, 0.3) is 0 Å². The maximum Gasteiger partial charge on any atom is 0.255 e. The summed E-state index contributed by atoms with van der Waals surface area (Å²) in [6, 6.07) is 13.7. The summed E-state index contributed by atoms with van der Waals surface area (Å²) < 4.78 is 32.7. The van der Waals surface area contributed by atoms with Gasteiger partial charge in [-0.2, -0.15) is 0 Å². The van der Waals surface area contributed by atoms with Crippen molar-refractivity contribution in [1.82, 2.24) is 4.90 Å². The van der Waals surface area contributed by atoms with Crippen molar-refractivity contribution in [2.45, 2.75) is 75.5 Å². The first-order chi connectivity index (χ1) is 17.3. The Kier molecular flexibility index (Phi) is 7.89. The van der Waals surface area contributed by atoms with Crippen LogP contribution in [-0.4, -0.2) is 41.4 Å². The molecule has 1 saturated carbocycles. The molecule has 0 N–H and O–H groups in total. The molecule has 0 spiro atoms. The average molecular weight is 565 g/mol. The summed E-state index contributed by atoms with van der Waals surface area (Å²) in [5.74, 6) is -0.239. The maximum atomic E-state index is 14.3. The first-order valence-corrected chi connectivity index (χ1v) is 15.0. The zero-order chi connectivity index (χ0) is 27.2. The highest BCUT2D eigenvalue weighted by atomic mass is 35.5. The molecule has 0 aromatic heterocycles. The van der Waals surface area contributed by atoms with Crippen molar-refractivity contribution in [1.29, 1.82) is 0 Å². The van der Waals surface area contributed by atoms with Gasteiger partial charge in [0.1, 0.15) is 11.7 Å². The summed E-state index contributed by atoms with van der Waals surface area (Å²) >= 11 is 12.6. The standard InChI is InChI=1S/C29H35Cl2NO4S/c1-6-16-29(5)27(33)32(24(19-10-11-19)18-37(34,35)28(2,3)4)25(20-12-14-22(30)15-13-20)26(36-29)21-8-7-9-23(31)17-21/h6-9,12-15,17,19,24-26H,1,10-11,16,18H2,2-5H3/t24-,25-,26-,29-/m1/s1. The Morgan fingerprint density at radius 2 is 1.76 bits per heavy atom. The number of rotatable bonds is 8. The molecule has 1 aliphatic carbocycles. The van der Waals surface area contributed by atoms with Crippen LogP contribution in [0.4, 0.5) is 0 Å². The third-order valence-corrected chi connectivity index (χ3v) is 10.6. The zero-order valence-electron chi connectivity index (χ0n) is 21.8. The molecule has 2 aromatic rings. The largest absolute Gasteiger partial charge is 0.355 e. The van der Waals surface area contributed by atoms with E-state index >= 15 is 0 Å². The summed E-state index contributed by atoms with van der Waals surface area (Å²) in [5, 5.41) is 1.13. The van der Waals surface area contributed by atoms with Gasteiger partial charge in [0.2, 0.25) is 0 Å². The highest BCUT2D eigenvalue weighted by Crippen LogP contribution is 2.51. The lowest BCUT2D eigenvalue weighted by atomic mass is 9.85. The van der Waals surface area contributed by atoms with Crippen molar-refractivity contribution in [2.75, 3.05) is 5.75 Å². The zero-order valence-corrected chi connectivity index (χ0v) is 24.1. The smallest absolute Gasteiger partial charge is 0.255 e. The summed E-state index contributed by atoms with van der Waals surface area (Å²) in [6.07, 6.45) is 3.13. The van der Waals surface area contributed by atoms with E-state index in [2.05, 4.69) is 6.58 Å². The Bertz CT molecular complexity index is 1270. The minimum Gasteiger partial charge on any atom is -0.355 e. The highest BCUT2D eigenvalue weighted by Gasteiger charge is 2.55. The van der Waals surface area contributed by atoms with Gasteiger partial charge >= 0.3 is 0 Å². The molecule has 200 valence electrons. The fraction of sp³-hybridized carbons (Fsp3) is 0.483. The van der Waals surface area contributed by atoms with Crippen molar-refractivity contribution in [3.05, 3.63) is 82.4 Å². The average Bonchev–Trinajstić information content (AvgIpc) is 3.65. The van der Waals surface area contributed by atoms with Gasteiger partial charge in [0, 0.05) is 22.5 Å². The number of nitrogens with zero attached hydrogens (tertiary/aromatic N) is 1. The Morgan fingerprint density at radius 1 is 1.11 bits per heavy atom. The molecule has 4 atom stereocenters. The molecule has 0 unspecified atom stereocenters. The van der Waals surface area contributed by atoms with Gasteiger partial charge in [0.25, 0.3) is 5.91 Å². The fourth-order valence-corrected chi connectivity index (χ4v) is 6.74. The molecule has 0 bridgehead atoms. The van der Waals surface area contributed by atoms with Gasteiger partial charge in [-0.3, -0.25) is 4.79 Å². The van der Waals surface area contributed by atoms with Crippen LogP contribution in [0.15, 0.2) is 61.2 Å². The third-order valence-electron chi connectivity index (χ3n) is 7.43. The Hall–Kier alpha value is -1.86. The number of amides is 1. The lowest BCUT2D eigenvalue weighted by Gasteiger charge is -2.52. The number of ether oxygens (including phenoxy) is 1. The van der Waals surface area contributed by atoms with Crippen LogP contribution in [0.1, 0.15) is 70.2 Å². The molecule has 1 saturated heterocycles. The molecule has 4 rings (SSSR count). The molecule has 37 heavy (non-hydrogen) atoms. The summed E-state index contributed by atoms with van der Waals surface area (Å²) in [5.41, 5.74) is 0.423. The van der Waals surface area contributed by atoms with E-state index in [0.717, 1.165) is 24.0 Å². The van der Waals surface area contributed by atoms with Crippen molar-refractivity contribution >= 4 is 38.9 Å². The van der Waals surface area contributed by atoms with E-state index < -0.39 is 38.4 Å². The molecular weight excluding hydrogens is 529 g/mol. The lowest BCUT2D eigenvalue weighted by Crippen LogP contribution is -2.62. The highest BCUT2D eigenvalue weighted by molar-refractivity contribution is 7.92. The molecule has 1 amide bonds. The molecule has 5 nitrogen and oxygen atoms in total. The van der Waals surface area contributed by atoms with Crippen molar-refractivity contribution in [3.8, 4) is 0 Å². The van der Waals surface area contributed by atoms with Crippen LogP contribution in [0.3, 0.4) is 0 Å². The molecule has 0 radical (unpaired) electrons. The van der Waals surface area contributed by atoms with Gasteiger partial charge in [-0.25, -0.2) is 8.42 Å². The Labute approximate surface area is 230 Å². The number of morpholine rings is 1. The van der Waals surface area contributed by atoms with E-state index in [1.807, 2.05) is 35.2 Å². The predicted molar refractivity (Wildman–Crippen MR) is 150 cm³/mol. The van der Waals surface area contributed by atoms with Gasteiger partial charge < -0.3 is 9.64 Å². The Balaban J connectivity index is 1.93. The van der Waals surface area contributed by atoms with Crippen LogP contribution in [0.5, 0.6) is 0 Å². The minimum atomic E-state index is -3.52. The molecule has 8 heteroatoms. The van der Waals surface area contributed by atoms with Crippen molar-refractivity contribution in [2.24, 2.45) is 5.92 Å². The molecule has 1 aliphatic heterocycles. The van der Waals surface area contributed by atoms with E-state index in [1.165, 1.54) is 0 Å². The van der Waals surface area contributed by atoms with E-state index in [9.17, 15) is 13.2 Å². The van der Waals surface area contributed by atoms with Crippen LogP contribution in [0.2, 0.25) is 10.0 Å². The molecule has 2 aromatic carbocycles. The summed E-state index contributed by atoms with van der Waals surface area (Å²) in [6.45, 7) is 10.8. The van der Waals surface area contributed by atoms with Gasteiger partial charge in [0.15, 0.2) is 9.84 Å². The third kappa shape index (κ3) is 5.78. The fourth-order valence-electron chi connectivity index (χ4n) is 5.04. The van der Waals surface area contributed by atoms with Gasteiger partial charge in [0.05, 0.1) is 16.5 Å². The van der Waals surface area contributed by atoms with Crippen LogP contribution < -0.4 is 0 Å². The van der Waals surface area contributed by atoms with Gasteiger partial charge in [-0.05, 0) is 81.8 Å². The maximum absolute atomic E-state index is 14.3. The monoisotopic (exact) mass is 563 g/mol. The molecular formula is C29H35Cl2NO4S. The first-order valence-electron chi connectivity index (χ1n) is 12.6. The first kappa shape index (κ1) is 28.2. The second-order valence-corrected chi connectivity index (χ2v) is 15.0. The van der Waals surface area contributed by atoms with Gasteiger partial charge in [-0.1, -0.05) is 53.5 Å². The second kappa shape index (κ2) is 10.4. The lowest BCUT2D eigenvalue weighted by molar-refractivity contribution is -0.202. The van der Waals surface area contributed by atoms with Crippen LogP contribution >= 0.6 is 23.2 Å². The van der Waals surface area contributed by atoms with Crippen LogP contribution in [-0.2, 0) is 19.4 Å². The van der Waals surface area contributed by atoms with Crippen molar-refractivity contribution < 1.29 is 17.9 Å². The number of sulfone groups is 1. The number of carbonyl (C=O) groups excluding carboxylic acids is 1.